The van der Waals surface area contributed by atoms with Crippen molar-refractivity contribution in [2.24, 2.45) is 0 Å². The van der Waals surface area contributed by atoms with Gasteiger partial charge in [-0.15, -0.1) is 10.2 Å². The first kappa shape index (κ1) is 22.8. The summed E-state index contributed by atoms with van der Waals surface area (Å²) in [5.41, 5.74) is 4.02. The van der Waals surface area contributed by atoms with Gasteiger partial charge < -0.3 is 0 Å². The first-order valence-corrected chi connectivity index (χ1v) is 12.5. The average Bonchev–Trinajstić information content (AvgIpc) is 3.28. The van der Waals surface area contributed by atoms with Gasteiger partial charge in [-0.3, -0.25) is 10.1 Å². The highest BCUT2D eigenvalue weighted by atomic mass is 32.2. The van der Waals surface area contributed by atoms with Crippen LogP contribution in [0.2, 0.25) is 0 Å². The van der Waals surface area contributed by atoms with Gasteiger partial charge >= 0.3 is 0 Å². The number of nitrogens with one attached hydrogen (secondary N) is 2. The maximum absolute atomic E-state index is 13.2. The lowest BCUT2D eigenvalue weighted by Crippen LogP contribution is -2.29. The number of rotatable bonds is 7. The van der Waals surface area contributed by atoms with E-state index in [-0.39, 0.29) is 15.4 Å². The van der Waals surface area contributed by atoms with Gasteiger partial charge in [0, 0.05) is 5.56 Å². The van der Waals surface area contributed by atoms with Gasteiger partial charge in [0.25, 0.3) is 15.9 Å². The number of nitrogens with zero attached hydrogens (tertiary/aromatic N) is 2. The summed E-state index contributed by atoms with van der Waals surface area (Å²) in [7, 11) is -4.01. The minimum atomic E-state index is -4.01. The van der Waals surface area contributed by atoms with Crippen LogP contribution in [0.25, 0.3) is 0 Å². The number of carbonyl (C=O) groups excluding carboxylic acids is 1. The van der Waals surface area contributed by atoms with Crippen LogP contribution in [0.4, 0.5) is 5.13 Å². The lowest BCUT2D eigenvalue weighted by Gasteiger charge is -2.19. The van der Waals surface area contributed by atoms with Crippen LogP contribution >= 0.6 is 11.3 Å². The Hall–Kier alpha value is -3.40. The number of sulfonamides is 1. The minimum absolute atomic E-state index is 0.105. The zero-order valence-corrected chi connectivity index (χ0v) is 19.7. The van der Waals surface area contributed by atoms with E-state index in [9.17, 15) is 13.2 Å². The molecule has 4 aromatic rings. The molecule has 0 saturated carbocycles. The summed E-state index contributed by atoms with van der Waals surface area (Å²) in [5, 5.41) is 10.4. The molecule has 33 heavy (non-hydrogen) atoms. The highest BCUT2D eigenvalue weighted by Gasteiger charge is 2.27. The van der Waals surface area contributed by atoms with E-state index in [4.69, 9.17) is 0 Å². The lowest BCUT2D eigenvalue weighted by molar-refractivity contribution is 0.102. The fourth-order valence-corrected chi connectivity index (χ4v) is 5.48. The molecule has 0 aliphatic carbocycles. The van der Waals surface area contributed by atoms with Crippen LogP contribution < -0.4 is 10.0 Å². The Kier molecular flexibility index (Phi) is 6.64. The Morgan fingerprint density at radius 1 is 0.848 bits per heavy atom. The third kappa shape index (κ3) is 5.51. The number of benzene rings is 3. The van der Waals surface area contributed by atoms with Crippen molar-refractivity contribution in [1.29, 1.82) is 0 Å². The second-order valence-corrected chi connectivity index (χ2v) is 10.4. The third-order valence-electron chi connectivity index (χ3n) is 4.92. The van der Waals surface area contributed by atoms with Gasteiger partial charge in [0.05, 0.1) is 6.04 Å². The van der Waals surface area contributed by atoms with Gasteiger partial charge in [0.15, 0.2) is 0 Å². The SMILES string of the molecule is Cc1cccc(C(=O)Nc2nnc(S(=O)(=O)N[C@@H](c3ccccc3)c3cccc(C)c3)s2)c1. The number of hydrogen-bond donors (Lipinski definition) is 2. The molecule has 0 spiro atoms. The van der Waals surface area contributed by atoms with Gasteiger partial charge in [-0.05, 0) is 37.1 Å². The fraction of sp³-hybridized carbons (Fsp3) is 0.125. The van der Waals surface area contributed by atoms with Crippen LogP contribution in [0, 0.1) is 13.8 Å². The smallest absolute Gasteiger partial charge is 0.270 e. The number of carbonyl (C=O) groups is 1. The Labute approximate surface area is 196 Å². The molecule has 1 aromatic heterocycles. The summed E-state index contributed by atoms with van der Waals surface area (Å²) < 4.78 is 28.9. The molecule has 168 valence electrons. The molecule has 0 unspecified atom stereocenters. The summed E-state index contributed by atoms with van der Waals surface area (Å²) >= 11 is 0.798. The van der Waals surface area contributed by atoms with Gasteiger partial charge in [0.1, 0.15) is 0 Å². The molecule has 0 saturated heterocycles. The van der Waals surface area contributed by atoms with E-state index >= 15 is 0 Å². The van der Waals surface area contributed by atoms with E-state index in [1.165, 1.54) is 0 Å². The van der Waals surface area contributed by atoms with E-state index in [0.29, 0.717) is 5.56 Å². The van der Waals surface area contributed by atoms with E-state index < -0.39 is 16.1 Å². The molecule has 4 rings (SSSR count). The first-order valence-electron chi connectivity index (χ1n) is 10.2. The molecule has 2 N–H and O–H groups in total. The molecular formula is C24H22N4O3S2. The van der Waals surface area contributed by atoms with Gasteiger partial charge in [-0.1, -0.05) is 89.2 Å². The molecule has 0 aliphatic rings. The van der Waals surface area contributed by atoms with Crippen LogP contribution in [-0.2, 0) is 10.0 Å². The zero-order valence-electron chi connectivity index (χ0n) is 18.0. The summed E-state index contributed by atoms with van der Waals surface area (Å²) in [6, 6.07) is 23.4. The molecule has 0 bridgehead atoms. The molecule has 0 radical (unpaired) electrons. The Bertz CT molecular complexity index is 1390. The quantitative estimate of drug-likeness (QED) is 0.382. The maximum atomic E-state index is 13.2. The van der Waals surface area contributed by atoms with E-state index in [1.807, 2.05) is 74.5 Å². The Morgan fingerprint density at radius 2 is 1.52 bits per heavy atom. The standard InChI is InChI=1S/C24H22N4O3S2/c1-16-8-6-12-19(14-16)21(18-10-4-3-5-11-18)28-33(30,31)24-27-26-23(32-24)25-22(29)20-13-7-9-17(2)15-20/h3-15,21,28H,1-2H3,(H,25,26,29)/t21-/m0/s1. The Balaban J connectivity index is 1.58. The normalized spacial score (nSPS) is 12.3. The number of aromatic nitrogens is 2. The largest absolute Gasteiger partial charge is 0.296 e. The van der Waals surface area contributed by atoms with Crippen molar-refractivity contribution in [3.8, 4) is 0 Å². The summed E-state index contributed by atoms with van der Waals surface area (Å²) in [6.45, 7) is 3.84. The zero-order chi connectivity index (χ0) is 23.4. The van der Waals surface area contributed by atoms with Crippen molar-refractivity contribution in [2.75, 3.05) is 5.32 Å². The van der Waals surface area contributed by atoms with Gasteiger partial charge in [-0.2, -0.15) is 4.72 Å². The Morgan fingerprint density at radius 3 is 2.21 bits per heavy atom. The van der Waals surface area contributed by atoms with Crippen LogP contribution in [0.1, 0.15) is 38.7 Å². The molecule has 3 aromatic carbocycles. The molecule has 1 amide bonds. The highest BCUT2D eigenvalue weighted by molar-refractivity contribution is 7.91. The fourth-order valence-electron chi connectivity index (χ4n) is 3.35. The number of amides is 1. The second-order valence-electron chi connectivity index (χ2n) is 7.58. The van der Waals surface area contributed by atoms with Gasteiger partial charge in [0.2, 0.25) is 9.47 Å². The van der Waals surface area contributed by atoms with Crippen molar-refractivity contribution in [3.05, 3.63) is 107 Å². The topological polar surface area (TPSA) is 101 Å². The molecule has 1 heterocycles. The van der Waals surface area contributed by atoms with E-state index in [0.717, 1.165) is 33.6 Å². The minimum Gasteiger partial charge on any atom is -0.296 e. The summed E-state index contributed by atoms with van der Waals surface area (Å²) in [6.07, 6.45) is 0. The number of anilines is 1. The molecule has 0 fully saturated rings. The van der Waals surface area contributed by atoms with Crippen LogP contribution in [0.3, 0.4) is 0 Å². The molecule has 1 atom stereocenters. The van der Waals surface area contributed by atoms with Crippen molar-refractivity contribution >= 4 is 32.4 Å². The maximum Gasteiger partial charge on any atom is 0.270 e. The van der Waals surface area contributed by atoms with Crippen LogP contribution in [0.15, 0.2) is 83.2 Å². The highest BCUT2D eigenvalue weighted by Crippen LogP contribution is 2.27. The predicted molar refractivity (Wildman–Crippen MR) is 129 cm³/mol. The van der Waals surface area contributed by atoms with Crippen molar-refractivity contribution in [2.45, 2.75) is 24.2 Å². The van der Waals surface area contributed by atoms with Crippen LogP contribution in [-0.4, -0.2) is 24.5 Å². The molecular weight excluding hydrogens is 456 g/mol. The lowest BCUT2D eigenvalue weighted by atomic mass is 9.98. The predicted octanol–water partition coefficient (Wildman–Crippen LogP) is 4.48. The first-order chi connectivity index (χ1) is 15.8. The third-order valence-corrected chi connectivity index (χ3v) is 7.55. The van der Waals surface area contributed by atoms with E-state index in [2.05, 4.69) is 20.2 Å². The van der Waals surface area contributed by atoms with E-state index in [1.54, 1.807) is 18.2 Å². The number of aryl methyl sites for hydroxylation is 2. The monoisotopic (exact) mass is 478 g/mol. The molecule has 0 aliphatic heterocycles. The average molecular weight is 479 g/mol. The van der Waals surface area contributed by atoms with Crippen molar-refractivity contribution in [1.82, 2.24) is 14.9 Å². The summed E-state index contributed by atoms with van der Waals surface area (Å²) in [5.74, 6) is -0.381. The van der Waals surface area contributed by atoms with Crippen molar-refractivity contribution in [3.63, 3.8) is 0 Å². The molecule has 7 nitrogen and oxygen atoms in total. The molecule has 9 heteroatoms. The summed E-state index contributed by atoms with van der Waals surface area (Å²) in [4.78, 5) is 12.5. The second kappa shape index (κ2) is 9.62. The van der Waals surface area contributed by atoms with Gasteiger partial charge in [-0.25, -0.2) is 8.42 Å². The van der Waals surface area contributed by atoms with Crippen molar-refractivity contribution < 1.29 is 13.2 Å². The van der Waals surface area contributed by atoms with Crippen LogP contribution in [0.5, 0.6) is 0 Å². The number of hydrogen-bond acceptors (Lipinski definition) is 6.